The molecule has 3 N–H and O–H groups in total. The van der Waals surface area contributed by atoms with E-state index >= 15 is 0 Å². The van der Waals surface area contributed by atoms with Crippen molar-refractivity contribution in [2.24, 2.45) is 0 Å². The molecule has 3 aromatic carbocycles. The minimum atomic E-state index is -4.28. The Morgan fingerprint density at radius 2 is 1.31 bits per heavy atom. The lowest BCUT2D eigenvalue weighted by Gasteiger charge is -2.16. The summed E-state index contributed by atoms with van der Waals surface area (Å²) in [7, 11) is -8.44. The monoisotopic (exact) mass is 659 g/mol. The molecule has 42 heavy (non-hydrogen) atoms. The summed E-state index contributed by atoms with van der Waals surface area (Å²) in [5.41, 5.74) is -1.38. The van der Waals surface area contributed by atoms with Crippen LogP contribution >= 0.6 is 35.4 Å². The van der Waals surface area contributed by atoms with Gasteiger partial charge in [0.15, 0.2) is 17.1 Å². The van der Waals surface area contributed by atoms with Crippen LogP contribution < -0.4 is 14.9 Å². The highest BCUT2D eigenvalue weighted by Crippen LogP contribution is 2.37. The van der Waals surface area contributed by atoms with Crippen LogP contribution in [0.25, 0.3) is 33.5 Å². The highest BCUT2D eigenvalue weighted by Gasteiger charge is 2.28. The summed E-state index contributed by atoms with van der Waals surface area (Å²) >= 11 is 17.0. The molecule has 16 heteroatoms. The van der Waals surface area contributed by atoms with Gasteiger partial charge in [-0.3, -0.25) is 14.2 Å². The van der Waals surface area contributed by atoms with Gasteiger partial charge < -0.3 is 9.40 Å². The van der Waals surface area contributed by atoms with Gasteiger partial charge in [0.05, 0.1) is 9.79 Å². The molecular formula is C26H15Cl2N5O6S3. The van der Waals surface area contributed by atoms with E-state index in [1.807, 2.05) is 0 Å². The normalized spacial score (nSPS) is 12.1. The number of hydrogen-bond acceptors (Lipinski definition) is 9. The first-order valence-corrected chi connectivity index (χ1v) is 15.9. The van der Waals surface area contributed by atoms with Crippen molar-refractivity contribution in [3.8, 4) is 11.5 Å². The van der Waals surface area contributed by atoms with Gasteiger partial charge in [0.25, 0.3) is 25.8 Å². The van der Waals surface area contributed by atoms with Crippen LogP contribution in [0.1, 0.15) is 0 Å². The molecule has 1 aliphatic carbocycles. The number of anilines is 2. The highest BCUT2D eigenvalue weighted by molar-refractivity contribution is 7.93. The van der Waals surface area contributed by atoms with Crippen LogP contribution in [0.3, 0.4) is 0 Å². The van der Waals surface area contributed by atoms with E-state index in [1.54, 1.807) is 18.2 Å². The van der Waals surface area contributed by atoms with Crippen molar-refractivity contribution in [2.45, 2.75) is 9.79 Å². The molecule has 212 valence electrons. The Morgan fingerprint density at radius 1 is 0.762 bits per heavy atom. The van der Waals surface area contributed by atoms with E-state index in [0.29, 0.717) is 15.4 Å². The van der Waals surface area contributed by atoms with Gasteiger partial charge in [-0.15, -0.1) is 0 Å². The number of benzene rings is 4. The molecule has 0 saturated carbocycles. The van der Waals surface area contributed by atoms with Crippen molar-refractivity contribution in [2.75, 3.05) is 9.44 Å². The van der Waals surface area contributed by atoms with Gasteiger partial charge in [-0.1, -0.05) is 47.5 Å². The summed E-state index contributed by atoms with van der Waals surface area (Å²) in [5.74, 6) is -0.396. The summed E-state index contributed by atoms with van der Waals surface area (Å²) in [5, 5.41) is 1.14. The Labute approximate surface area is 252 Å². The molecule has 0 radical (unpaired) electrons. The molecule has 0 saturated heterocycles. The Hall–Kier alpha value is -4.08. The van der Waals surface area contributed by atoms with Gasteiger partial charge in [0, 0.05) is 20.8 Å². The van der Waals surface area contributed by atoms with Crippen molar-refractivity contribution in [1.29, 1.82) is 0 Å². The molecule has 11 nitrogen and oxygen atoms in total. The molecule has 0 spiro atoms. The van der Waals surface area contributed by atoms with Crippen LogP contribution in [0.2, 0.25) is 10.0 Å². The fourth-order valence-electron chi connectivity index (χ4n) is 4.19. The molecule has 1 aromatic heterocycles. The average Bonchev–Trinajstić information content (AvgIpc) is 2.95. The first kappa shape index (κ1) is 28.1. The maximum atomic E-state index is 13.6. The van der Waals surface area contributed by atoms with Crippen LogP contribution in [0, 0.1) is 4.77 Å². The second-order valence-electron chi connectivity index (χ2n) is 8.83. The molecule has 0 amide bonds. The molecule has 6 rings (SSSR count). The van der Waals surface area contributed by atoms with Gasteiger partial charge in [-0.2, -0.15) is 4.98 Å². The van der Waals surface area contributed by atoms with Crippen LogP contribution in [0.15, 0.2) is 91.8 Å². The van der Waals surface area contributed by atoms with Gasteiger partial charge >= 0.3 is 0 Å². The second-order valence-corrected chi connectivity index (χ2v) is 13.5. The molecular weight excluding hydrogens is 645 g/mol. The van der Waals surface area contributed by atoms with E-state index in [-0.39, 0.29) is 48.5 Å². The highest BCUT2D eigenvalue weighted by atomic mass is 35.5. The van der Waals surface area contributed by atoms with E-state index < -0.39 is 31.2 Å². The number of rotatable bonds is 6. The summed E-state index contributed by atoms with van der Waals surface area (Å²) in [6.07, 6.45) is 0. The maximum absolute atomic E-state index is 13.6. The fraction of sp³-hybridized carbons (Fsp3) is 0. The number of aromatic nitrogens is 3. The zero-order chi connectivity index (χ0) is 29.8. The number of sulfonamides is 2. The van der Waals surface area contributed by atoms with Gasteiger partial charge in [0.2, 0.25) is 10.2 Å². The van der Waals surface area contributed by atoms with Crippen molar-refractivity contribution in [1.82, 2.24) is 15.0 Å². The summed E-state index contributed by atoms with van der Waals surface area (Å²) in [6.45, 7) is 0. The molecule has 2 aliphatic rings. The predicted molar refractivity (Wildman–Crippen MR) is 162 cm³/mol. The molecule has 0 atom stereocenters. The molecule has 4 aromatic rings. The number of halogens is 2. The Balaban J connectivity index is 1.59. The minimum absolute atomic E-state index is 0.0609. The van der Waals surface area contributed by atoms with Gasteiger partial charge in [0.1, 0.15) is 11.4 Å². The van der Waals surface area contributed by atoms with Crippen molar-refractivity contribution < 1.29 is 21.3 Å². The number of H-pyrrole nitrogens is 1. The lowest BCUT2D eigenvalue weighted by atomic mass is 10.0. The minimum Gasteiger partial charge on any atom is -0.432 e. The van der Waals surface area contributed by atoms with Crippen LogP contribution in [0.4, 0.5) is 11.5 Å². The molecule has 0 unspecified atom stereocenters. The van der Waals surface area contributed by atoms with E-state index in [9.17, 15) is 21.6 Å². The smallest absolute Gasteiger partial charge is 0.263 e. The van der Waals surface area contributed by atoms with Crippen LogP contribution in [0.5, 0.6) is 0 Å². The number of hydrogen-bond donors (Lipinski definition) is 3. The van der Waals surface area contributed by atoms with Crippen LogP contribution in [-0.4, -0.2) is 31.8 Å². The molecule has 0 fully saturated rings. The first-order chi connectivity index (χ1) is 19.9. The maximum Gasteiger partial charge on any atom is 0.263 e. The predicted octanol–water partition coefficient (Wildman–Crippen LogP) is 5.81. The van der Waals surface area contributed by atoms with Gasteiger partial charge in [-0.25, -0.2) is 21.8 Å². The number of nitrogens with zero attached hydrogens (tertiary/aromatic N) is 2. The third-order valence-corrected chi connectivity index (χ3v) is 9.54. The summed E-state index contributed by atoms with van der Waals surface area (Å²) < 4.78 is 63.3. The Bertz CT molecular complexity index is 2340. The molecule has 0 bridgehead atoms. The Kier molecular flexibility index (Phi) is 6.90. The van der Waals surface area contributed by atoms with E-state index in [1.165, 1.54) is 54.6 Å². The van der Waals surface area contributed by atoms with Crippen molar-refractivity contribution >= 4 is 89.0 Å². The fourth-order valence-corrected chi connectivity index (χ4v) is 6.72. The second kappa shape index (κ2) is 10.3. The lowest BCUT2D eigenvalue weighted by molar-refractivity contribution is 0.593. The zero-order valence-electron chi connectivity index (χ0n) is 20.8. The largest absolute Gasteiger partial charge is 0.432 e. The lowest BCUT2D eigenvalue weighted by Crippen LogP contribution is -2.21. The number of nitrogens with one attached hydrogen (secondary N) is 3. The summed E-state index contributed by atoms with van der Waals surface area (Å²) in [4.78, 5) is 24.7. The number of aromatic amines is 1. The molecule has 2 heterocycles. The zero-order valence-corrected chi connectivity index (χ0v) is 24.7. The Morgan fingerprint density at radius 3 is 1.90 bits per heavy atom. The topological polar surface area (TPSA) is 164 Å². The average molecular weight is 661 g/mol. The third-order valence-electron chi connectivity index (χ3n) is 6.11. The first-order valence-electron chi connectivity index (χ1n) is 11.8. The summed E-state index contributed by atoms with van der Waals surface area (Å²) in [6, 6.07) is 17.2. The standard InChI is InChI=1S/C26H15Cl2N5O6S3/c27-13-5-9-15(10-6-13)41(35,36)32-20-22(34)18-4-2-1-3-17(18)19-23(20)39-25-21(29-19)24(30-26(40)31-25)33-42(37,38)16-11-7-14(28)8-12-16/h1-12,32H,(H2,30,31,33,40). The van der Waals surface area contributed by atoms with Crippen LogP contribution in [-0.2, 0) is 20.0 Å². The van der Waals surface area contributed by atoms with Crippen molar-refractivity contribution in [3.63, 3.8) is 0 Å². The van der Waals surface area contributed by atoms with Gasteiger partial charge in [-0.05, 0) is 60.7 Å². The van der Waals surface area contributed by atoms with Crippen molar-refractivity contribution in [3.05, 3.63) is 97.8 Å². The number of fused-ring (bicyclic) bond motifs is 4. The quantitative estimate of drug-likeness (QED) is 0.114. The van der Waals surface area contributed by atoms with E-state index in [0.717, 1.165) is 0 Å². The van der Waals surface area contributed by atoms with E-state index in [2.05, 4.69) is 24.4 Å². The third kappa shape index (κ3) is 5.07. The van der Waals surface area contributed by atoms with E-state index in [4.69, 9.17) is 39.8 Å². The molecule has 1 aliphatic heterocycles. The SMILES string of the molecule is O=c1c(NS(=O)(=O)c2ccc(Cl)cc2)c2oc3nc(=S)[nH]c(NS(=O)(=O)c4ccc(Cl)cc4)c3nc-2c2ccccc12.